The quantitative estimate of drug-likeness (QED) is 0.342. The van der Waals surface area contributed by atoms with Crippen molar-refractivity contribution in [2.45, 2.75) is 25.9 Å². The van der Waals surface area contributed by atoms with Crippen LogP contribution in [0.4, 0.5) is 5.69 Å². The van der Waals surface area contributed by atoms with Crippen molar-refractivity contribution < 1.29 is 19.3 Å². The van der Waals surface area contributed by atoms with E-state index in [2.05, 4.69) is 5.32 Å². The van der Waals surface area contributed by atoms with Crippen LogP contribution in [0.2, 0.25) is 0 Å². The van der Waals surface area contributed by atoms with Crippen LogP contribution < -0.4 is 5.32 Å². The summed E-state index contributed by atoms with van der Waals surface area (Å²) in [6, 6.07) is 18.7. The molecule has 1 atom stereocenters. The Morgan fingerprint density at radius 2 is 1.45 bits per heavy atom. The minimum Gasteiger partial charge on any atom is -0.350 e. The summed E-state index contributed by atoms with van der Waals surface area (Å²) in [4.78, 5) is 50.7. The van der Waals surface area contributed by atoms with Gasteiger partial charge in [-0.2, -0.15) is 0 Å². The number of carbonyl (C=O) groups excluding carboxylic acids is 3. The molecule has 3 amide bonds. The molecule has 8 nitrogen and oxygen atoms in total. The Bertz CT molecular complexity index is 1200. The van der Waals surface area contributed by atoms with Crippen molar-refractivity contribution in [1.82, 2.24) is 10.2 Å². The summed E-state index contributed by atoms with van der Waals surface area (Å²) in [5.41, 5.74) is 2.98. The molecule has 1 aliphatic heterocycles. The first-order valence-electron chi connectivity index (χ1n) is 10.4. The van der Waals surface area contributed by atoms with Gasteiger partial charge in [-0.05, 0) is 30.2 Å². The molecule has 0 aliphatic carbocycles. The maximum Gasteiger partial charge on any atom is 0.269 e. The molecule has 3 aromatic rings. The molecule has 0 bridgehead atoms. The monoisotopic (exact) mass is 443 g/mol. The largest absolute Gasteiger partial charge is 0.350 e. The molecule has 0 fully saturated rings. The molecular weight excluding hydrogens is 422 g/mol. The molecule has 0 saturated heterocycles. The zero-order valence-corrected chi connectivity index (χ0v) is 17.9. The maximum absolute atomic E-state index is 13.2. The molecule has 0 unspecified atom stereocenters. The topological polar surface area (TPSA) is 110 Å². The van der Waals surface area contributed by atoms with Crippen molar-refractivity contribution >= 4 is 23.4 Å². The fourth-order valence-corrected chi connectivity index (χ4v) is 3.78. The van der Waals surface area contributed by atoms with Crippen LogP contribution in [0.3, 0.4) is 0 Å². The zero-order valence-electron chi connectivity index (χ0n) is 17.9. The third kappa shape index (κ3) is 4.50. The smallest absolute Gasteiger partial charge is 0.269 e. The van der Waals surface area contributed by atoms with E-state index < -0.39 is 28.7 Å². The number of fused-ring (bicyclic) bond motifs is 1. The second-order valence-corrected chi connectivity index (χ2v) is 7.87. The summed E-state index contributed by atoms with van der Waals surface area (Å²) in [5.74, 6) is -1.55. The second kappa shape index (κ2) is 9.04. The summed E-state index contributed by atoms with van der Waals surface area (Å²) in [6.07, 6.45) is 0.0309. The van der Waals surface area contributed by atoms with Gasteiger partial charge in [0.15, 0.2) is 0 Å². The summed E-state index contributed by atoms with van der Waals surface area (Å²) in [5, 5.41) is 13.8. The molecule has 3 aromatic carbocycles. The van der Waals surface area contributed by atoms with Gasteiger partial charge in [-0.3, -0.25) is 29.4 Å². The Morgan fingerprint density at radius 1 is 0.909 bits per heavy atom. The molecular formula is C25H21N3O5. The first-order chi connectivity index (χ1) is 15.8. The highest BCUT2D eigenvalue weighted by molar-refractivity contribution is 6.22. The molecule has 0 saturated carbocycles. The minimum atomic E-state index is -1.11. The number of imide groups is 1. The maximum atomic E-state index is 13.2. The molecule has 1 aliphatic rings. The SMILES string of the molecule is Cc1ccc(CNC(=O)[C@@H](Cc2ccc([N+](=O)[O-])cc2)N2C(=O)c3ccccc3C2=O)cc1. The Labute approximate surface area is 190 Å². The number of nitrogens with one attached hydrogen (secondary N) is 1. The van der Waals surface area contributed by atoms with Crippen LogP contribution in [-0.4, -0.2) is 33.6 Å². The number of nitro benzene ring substituents is 1. The minimum absolute atomic E-state index is 0.0309. The third-order valence-electron chi connectivity index (χ3n) is 5.60. The summed E-state index contributed by atoms with van der Waals surface area (Å²) in [7, 11) is 0. The lowest BCUT2D eigenvalue weighted by Gasteiger charge is -2.25. The zero-order chi connectivity index (χ0) is 23.5. The van der Waals surface area contributed by atoms with E-state index in [0.29, 0.717) is 5.56 Å². The number of non-ortho nitro benzene ring substituents is 1. The van der Waals surface area contributed by atoms with Gasteiger partial charge >= 0.3 is 0 Å². The van der Waals surface area contributed by atoms with Crippen molar-refractivity contribution in [3.05, 3.63) is 111 Å². The number of nitrogens with zero attached hydrogens (tertiary/aromatic N) is 2. The lowest BCUT2D eigenvalue weighted by atomic mass is 10.0. The van der Waals surface area contributed by atoms with Gasteiger partial charge in [0.2, 0.25) is 5.91 Å². The number of amides is 3. The number of aryl methyl sites for hydroxylation is 1. The first kappa shape index (κ1) is 21.9. The molecule has 1 heterocycles. The van der Waals surface area contributed by atoms with Gasteiger partial charge in [0.25, 0.3) is 17.5 Å². The van der Waals surface area contributed by atoms with E-state index in [4.69, 9.17) is 0 Å². The molecule has 1 N–H and O–H groups in total. The average molecular weight is 443 g/mol. The van der Waals surface area contributed by atoms with Gasteiger partial charge in [0.1, 0.15) is 6.04 Å². The van der Waals surface area contributed by atoms with Gasteiger partial charge in [-0.25, -0.2) is 0 Å². The number of rotatable bonds is 7. The lowest BCUT2D eigenvalue weighted by molar-refractivity contribution is -0.384. The van der Waals surface area contributed by atoms with Crippen molar-refractivity contribution in [2.24, 2.45) is 0 Å². The van der Waals surface area contributed by atoms with Crippen molar-refractivity contribution in [3.8, 4) is 0 Å². The van der Waals surface area contributed by atoms with E-state index >= 15 is 0 Å². The number of carbonyl (C=O) groups is 3. The Balaban J connectivity index is 1.61. The third-order valence-corrected chi connectivity index (χ3v) is 5.60. The number of hydrogen-bond donors (Lipinski definition) is 1. The van der Waals surface area contributed by atoms with Gasteiger partial charge in [-0.15, -0.1) is 0 Å². The van der Waals surface area contributed by atoms with Crippen molar-refractivity contribution in [3.63, 3.8) is 0 Å². The van der Waals surface area contributed by atoms with Gasteiger partial charge < -0.3 is 5.32 Å². The molecule has 0 radical (unpaired) electrons. The van der Waals surface area contributed by atoms with E-state index in [9.17, 15) is 24.5 Å². The molecule has 0 spiro atoms. The lowest BCUT2D eigenvalue weighted by Crippen LogP contribution is -2.50. The Hall–Kier alpha value is -4.33. The number of benzene rings is 3. The van der Waals surface area contributed by atoms with Crippen LogP contribution in [-0.2, 0) is 17.8 Å². The summed E-state index contributed by atoms with van der Waals surface area (Å²) >= 11 is 0. The highest BCUT2D eigenvalue weighted by Crippen LogP contribution is 2.26. The van der Waals surface area contributed by atoms with Crippen LogP contribution >= 0.6 is 0 Å². The Morgan fingerprint density at radius 3 is 2.00 bits per heavy atom. The highest BCUT2D eigenvalue weighted by atomic mass is 16.6. The molecule has 166 valence electrons. The average Bonchev–Trinajstić information content (AvgIpc) is 3.07. The standard InChI is InChI=1S/C25H21N3O5/c1-16-6-8-18(9-7-16)15-26-23(29)22(14-17-10-12-19(13-11-17)28(32)33)27-24(30)20-4-2-3-5-21(20)25(27)31/h2-13,22H,14-15H2,1H3,(H,26,29)/t22-/m1/s1. The van der Waals surface area contributed by atoms with Crippen LogP contribution in [0.5, 0.6) is 0 Å². The molecule has 8 heteroatoms. The van der Waals surface area contributed by atoms with Crippen LogP contribution in [0.1, 0.15) is 37.4 Å². The fraction of sp³-hybridized carbons (Fsp3) is 0.160. The van der Waals surface area contributed by atoms with Crippen LogP contribution in [0.25, 0.3) is 0 Å². The van der Waals surface area contributed by atoms with E-state index in [-0.39, 0.29) is 29.8 Å². The fourth-order valence-electron chi connectivity index (χ4n) is 3.78. The van der Waals surface area contributed by atoms with Crippen molar-refractivity contribution in [1.29, 1.82) is 0 Å². The van der Waals surface area contributed by atoms with Gasteiger partial charge in [0, 0.05) is 25.1 Å². The van der Waals surface area contributed by atoms with Crippen LogP contribution in [0.15, 0.2) is 72.8 Å². The first-order valence-corrected chi connectivity index (χ1v) is 10.4. The molecule has 4 rings (SSSR count). The Kier molecular flexibility index (Phi) is 5.99. The van der Waals surface area contributed by atoms with Crippen molar-refractivity contribution in [2.75, 3.05) is 0 Å². The molecule has 0 aromatic heterocycles. The normalized spacial score (nSPS) is 13.5. The number of hydrogen-bond acceptors (Lipinski definition) is 5. The van der Waals surface area contributed by atoms with Gasteiger partial charge in [0.05, 0.1) is 16.1 Å². The van der Waals surface area contributed by atoms with E-state index in [0.717, 1.165) is 16.0 Å². The summed E-state index contributed by atoms with van der Waals surface area (Å²) < 4.78 is 0. The predicted molar refractivity (Wildman–Crippen MR) is 121 cm³/mol. The van der Waals surface area contributed by atoms with E-state index in [1.54, 1.807) is 24.3 Å². The van der Waals surface area contributed by atoms with Crippen LogP contribution in [0, 0.1) is 17.0 Å². The van der Waals surface area contributed by atoms with E-state index in [1.807, 2.05) is 31.2 Å². The van der Waals surface area contributed by atoms with Gasteiger partial charge in [-0.1, -0.05) is 54.1 Å². The second-order valence-electron chi connectivity index (χ2n) is 7.87. The molecule has 33 heavy (non-hydrogen) atoms. The summed E-state index contributed by atoms with van der Waals surface area (Å²) in [6.45, 7) is 2.20. The van der Waals surface area contributed by atoms with E-state index in [1.165, 1.54) is 24.3 Å². The highest BCUT2D eigenvalue weighted by Gasteiger charge is 2.42. The predicted octanol–water partition coefficient (Wildman–Crippen LogP) is 3.43. The number of nitro groups is 1.